The van der Waals surface area contributed by atoms with Crippen LogP contribution in [0.5, 0.6) is 11.5 Å². The molecule has 0 aliphatic rings. The fourth-order valence-corrected chi connectivity index (χ4v) is 4.11. The maximum absolute atomic E-state index is 12.7. The lowest BCUT2D eigenvalue weighted by Gasteiger charge is -2.12. The van der Waals surface area contributed by atoms with Gasteiger partial charge in [-0.3, -0.25) is 9.52 Å². The molecule has 7 nitrogen and oxygen atoms in total. The average Bonchev–Trinajstić information content (AvgIpc) is 2.73. The highest BCUT2D eigenvalue weighted by Gasteiger charge is 2.17. The maximum Gasteiger partial charge on any atom is 0.261 e. The van der Waals surface area contributed by atoms with Crippen molar-refractivity contribution in [3.05, 3.63) is 77.3 Å². The minimum atomic E-state index is -3.95. The highest BCUT2D eigenvalue weighted by molar-refractivity contribution is 7.92. The van der Waals surface area contributed by atoms with Crippen molar-refractivity contribution >= 4 is 38.9 Å². The monoisotopic (exact) mass is 460 g/mol. The van der Waals surface area contributed by atoms with Crippen LogP contribution in [-0.2, 0) is 21.2 Å². The number of rotatable bonds is 8. The van der Waals surface area contributed by atoms with E-state index < -0.39 is 10.0 Å². The van der Waals surface area contributed by atoms with Crippen LogP contribution in [-0.4, -0.2) is 26.5 Å². The van der Waals surface area contributed by atoms with Gasteiger partial charge in [-0.25, -0.2) is 8.42 Å². The summed E-state index contributed by atoms with van der Waals surface area (Å²) in [4.78, 5) is 12.2. The Balaban J connectivity index is 1.70. The van der Waals surface area contributed by atoms with E-state index in [4.69, 9.17) is 16.3 Å². The van der Waals surface area contributed by atoms with Crippen LogP contribution in [0.25, 0.3) is 0 Å². The van der Waals surface area contributed by atoms with Gasteiger partial charge in [0.1, 0.15) is 11.5 Å². The van der Waals surface area contributed by atoms with Gasteiger partial charge in [0, 0.05) is 11.4 Å². The number of ether oxygens (including phenoxy) is 1. The van der Waals surface area contributed by atoms with Gasteiger partial charge in [0.2, 0.25) is 5.91 Å². The molecular formula is C22H21ClN2O5S. The molecule has 31 heavy (non-hydrogen) atoms. The Hall–Kier alpha value is -3.23. The molecule has 0 radical (unpaired) electrons. The number of sulfonamides is 1. The average molecular weight is 461 g/mol. The molecule has 0 bridgehead atoms. The van der Waals surface area contributed by atoms with Crippen LogP contribution in [0, 0.1) is 0 Å². The lowest BCUT2D eigenvalue weighted by atomic mass is 10.1. The molecule has 3 aromatic rings. The second-order valence-corrected chi connectivity index (χ2v) is 8.81. The Bertz CT molecular complexity index is 1200. The molecule has 9 heteroatoms. The number of hydrogen-bond acceptors (Lipinski definition) is 5. The van der Waals surface area contributed by atoms with Crippen molar-refractivity contribution < 1.29 is 23.1 Å². The quantitative estimate of drug-likeness (QED) is 0.431. The van der Waals surface area contributed by atoms with Crippen LogP contribution in [0.2, 0.25) is 5.02 Å². The first-order valence-electron chi connectivity index (χ1n) is 9.31. The number of phenolic OH excluding ortho intramolecular Hbond substituents is 1. The van der Waals surface area contributed by atoms with Gasteiger partial charge in [0.15, 0.2) is 0 Å². The molecular weight excluding hydrogens is 440 g/mol. The summed E-state index contributed by atoms with van der Waals surface area (Å²) < 4.78 is 32.9. The lowest BCUT2D eigenvalue weighted by Crippen LogP contribution is -2.15. The van der Waals surface area contributed by atoms with Gasteiger partial charge < -0.3 is 15.2 Å². The zero-order chi connectivity index (χ0) is 22.4. The minimum Gasteiger partial charge on any atom is -0.506 e. The maximum atomic E-state index is 12.7. The minimum absolute atomic E-state index is 0.00427. The third-order valence-electron chi connectivity index (χ3n) is 4.40. The SMILES string of the molecule is COc1cccc(CCC(=O)Nc2cc(S(=O)(=O)Nc3cccc(Cl)c3)ccc2O)c1. The van der Waals surface area contributed by atoms with Gasteiger partial charge in [-0.15, -0.1) is 0 Å². The molecule has 162 valence electrons. The number of nitrogens with one attached hydrogen (secondary N) is 2. The van der Waals surface area contributed by atoms with Crippen molar-refractivity contribution in [2.75, 3.05) is 17.1 Å². The lowest BCUT2D eigenvalue weighted by molar-refractivity contribution is -0.116. The first-order chi connectivity index (χ1) is 14.8. The summed E-state index contributed by atoms with van der Waals surface area (Å²) in [6.45, 7) is 0. The summed E-state index contributed by atoms with van der Waals surface area (Å²) in [5.41, 5.74) is 1.22. The largest absolute Gasteiger partial charge is 0.506 e. The number of aryl methyl sites for hydroxylation is 1. The van der Waals surface area contributed by atoms with Crippen molar-refractivity contribution in [2.24, 2.45) is 0 Å². The van der Waals surface area contributed by atoms with Crippen LogP contribution >= 0.6 is 11.6 Å². The van der Waals surface area contributed by atoms with Gasteiger partial charge in [-0.1, -0.05) is 29.8 Å². The molecule has 0 aliphatic carbocycles. The molecule has 3 rings (SSSR count). The number of anilines is 2. The number of aromatic hydroxyl groups is 1. The predicted molar refractivity (Wildman–Crippen MR) is 120 cm³/mol. The summed E-state index contributed by atoms with van der Waals surface area (Å²) >= 11 is 5.89. The Morgan fingerprint density at radius 2 is 1.84 bits per heavy atom. The van der Waals surface area contributed by atoms with E-state index in [0.717, 1.165) is 5.56 Å². The first-order valence-corrected chi connectivity index (χ1v) is 11.2. The number of hydrogen-bond donors (Lipinski definition) is 3. The second kappa shape index (κ2) is 9.72. The molecule has 3 N–H and O–H groups in total. The summed E-state index contributed by atoms with van der Waals surface area (Å²) in [7, 11) is -2.39. The topological polar surface area (TPSA) is 105 Å². The predicted octanol–water partition coefficient (Wildman–Crippen LogP) is 4.43. The smallest absolute Gasteiger partial charge is 0.261 e. The summed E-state index contributed by atoms with van der Waals surface area (Å²) in [5, 5.41) is 13.0. The number of benzene rings is 3. The van der Waals surface area contributed by atoms with E-state index in [1.165, 1.54) is 24.3 Å². The summed E-state index contributed by atoms with van der Waals surface area (Å²) in [5.74, 6) is 0.0903. The van der Waals surface area contributed by atoms with Crippen LogP contribution in [0.4, 0.5) is 11.4 Å². The van der Waals surface area contributed by atoms with Gasteiger partial charge in [0.25, 0.3) is 10.0 Å². The van der Waals surface area contributed by atoms with Crippen molar-refractivity contribution in [2.45, 2.75) is 17.7 Å². The summed E-state index contributed by atoms with van der Waals surface area (Å²) in [6, 6.07) is 17.3. The Morgan fingerprint density at radius 1 is 1.06 bits per heavy atom. The number of carbonyl (C=O) groups is 1. The fourth-order valence-electron chi connectivity index (χ4n) is 2.85. The molecule has 0 spiro atoms. The standard InChI is InChI=1S/C22H21ClN2O5S/c1-30-18-7-2-4-15(12-18)8-11-22(27)24-20-14-19(9-10-21(20)26)31(28,29)25-17-6-3-5-16(23)13-17/h2-7,9-10,12-14,25-26H,8,11H2,1H3,(H,24,27). The number of carbonyl (C=O) groups excluding carboxylic acids is 1. The van der Waals surface area contributed by atoms with Crippen LogP contribution in [0.1, 0.15) is 12.0 Å². The Kier molecular flexibility index (Phi) is 7.04. The first kappa shape index (κ1) is 22.5. The number of amides is 1. The van der Waals surface area contributed by atoms with E-state index in [9.17, 15) is 18.3 Å². The van der Waals surface area contributed by atoms with Gasteiger partial charge in [-0.2, -0.15) is 0 Å². The van der Waals surface area contributed by atoms with Gasteiger partial charge >= 0.3 is 0 Å². The second-order valence-electron chi connectivity index (χ2n) is 6.69. The third kappa shape index (κ3) is 6.13. The molecule has 0 unspecified atom stereocenters. The highest BCUT2D eigenvalue weighted by Crippen LogP contribution is 2.28. The van der Waals surface area contributed by atoms with E-state index >= 15 is 0 Å². The van der Waals surface area contributed by atoms with E-state index in [-0.39, 0.29) is 28.7 Å². The van der Waals surface area contributed by atoms with Crippen molar-refractivity contribution in [3.8, 4) is 11.5 Å². The number of halogens is 1. The molecule has 0 aromatic heterocycles. The Labute approximate surface area is 185 Å². The molecule has 0 saturated heterocycles. The van der Waals surface area contributed by atoms with E-state index in [2.05, 4.69) is 10.0 Å². The van der Waals surface area contributed by atoms with Crippen molar-refractivity contribution in [1.82, 2.24) is 0 Å². The molecule has 3 aromatic carbocycles. The third-order valence-corrected chi connectivity index (χ3v) is 6.02. The zero-order valence-corrected chi connectivity index (χ0v) is 18.2. The molecule has 0 fully saturated rings. The van der Waals surface area contributed by atoms with E-state index in [1.54, 1.807) is 25.3 Å². The molecule has 0 heterocycles. The molecule has 1 amide bonds. The van der Waals surface area contributed by atoms with Crippen LogP contribution < -0.4 is 14.8 Å². The Morgan fingerprint density at radius 3 is 2.58 bits per heavy atom. The number of methoxy groups -OCH3 is 1. The van der Waals surface area contributed by atoms with Crippen LogP contribution in [0.15, 0.2) is 71.6 Å². The van der Waals surface area contributed by atoms with E-state index in [1.807, 2.05) is 24.3 Å². The fraction of sp³-hybridized carbons (Fsp3) is 0.136. The van der Waals surface area contributed by atoms with Gasteiger partial charge in [-0.05, 0) is 60.5 Å². The highest BCUT2D eigenvalue weighted by atomic mass is 35.5. The van der Waals surface area contributed by atoms with Gasteiger partial charge in [0.05, 0.1) is 23.4 Å². The molecule has 0 aliphatic heterocycles. The van der Waals surface area contributed by atoms with Crippen molar-refractivity contribution in [1.29, 1.82) is 0 Å². The molecule has 0 atom stereocenters. The van der Waals surface area contributed by atoms with Crippen LogP contribution in [0.3, 0.4) is 0 Å². The normalized spacial score (nSPS) is 11.0. The van der Waals surface area contributed by atoms with E-state index in [0.29, 0.717) is 22.9 Å². The number of phenols is 1. The van der Waals surface area contributed by atoms with Crippen molar-refractivity contribution in [3.63, 3.8) is 0 Å². The molecule has 0 saturated carbocycles. The summed E-state index contributed by atoms with van der Waals surface area (Å²) in [6.07, 6.45) is 0.600. The zero-order valence-electron chi connectivity index (χ0n) is 16.6.